The van der Waals surface area contributed by atoms with Gasteiger partial charge in [0.05, 0.1) is 17.5 Å². The van der Waals surface area contributed by atoms with E-state index in [0.29, 0.717) is 54.7 Å². The van der Waals surface area contributed by atoms with Gasteiger partial charge in [-0.1, -0.05) is 0 Å². The van der Waals surface area contributed by atoms with Gasteiger partial charge in [0.25, 0.3) is 5.91 Å². The summed E-state index contributed by atoms with van der Waals surface area (Å²) in [7, 11) is 0. The van der Waals surface area contributed by atoms with E-state index >= 15 is 0 Å². The third-order valence-electron chi connectivity index (χ3n) is 8.49. The average molecular weight is 482 g/mol. The number of halogens is 1. The van der Waals surface area contributed by atoms with Crippen molar-refractivity contribution in [3.05, 3.63) is 36.0 Å². The molecule has 4 saturated carbocycles. The van der Waals surface area contributed by atoms with Crippen molar-refractivity contribution >= 4 is 23.4 Å². The average Bonchev–Trinajstić information content (AvgIpc) is 2.80. The Morgan fingerprint density at radius 1 is 1.23 bits per heavy atom. The first-order valence-electron chi connectivity index (χ1n) is 12.6. The molecule has 10 heteroatoms. The van der Waals surface area contributed by atoms with Gasteiger partial charge in [-0.25, -0.2) is 19.3 Å². The Hall–Kier alpha value is -3.01. The van der Waals surface area contributed by atoms with Gasteiger partial charge < -0.3 is 26.0 Å². The normalized spacial score (nSPS) is 33.7. The molecule has 4 bridgehead atoms. The fraction of sp³-hybridized carbons (Fsp3) is 0.600. The molecule has 0 spiro atoms. The molecule has 2 aromatic heterocycles. The van der Waals surface area contributed by atoms with Gasteiger partial charge >= 0.3 is 0 Å². The Morgan fingerprint density at radius 2 is 2.00 bits per heavy atom. The van der Waals surface area contributed by atoms with Crippen LogP contribution in [0.5, 0.6) is 0 Å². The van der Waals surface area contributed by atoms with E-state index in [1.807, 2.05) is 16.7 Å². The molecule has 35 heavy (non-hydrogen) atoms. The van der Waals surface area contributed by atoms with Crippen LogP contribution in [0.1, 0.15) is 49.5 Å². The minimum absolute atomic E-state index is 0.00387. The van der Waals surface area contributed by atoms with Crippen molar-refractivity contribution in [2.45, 2.75) is 56.7 Å². The van der Waals surface area contributed by atoms with Gasteiger partial charge in [-0.05, 0) is 62.8 Å². The number of aromatic nitrogens is 3. The summed E-state index contributed by atoms with van der Waals surface area (Å²) in [6, 6.07) is 2.99. The van der Waals surface area contributed by atoms with Crippen molar-refractivity contribution in [1.29, 1.82) is 0 Å². The molecule has 2 aromatic rings. The number of carbonyl (C=O) groups excluding carboxylic acids is 1. The molecule has 0 aromatic carbocycles. The Labute approximate surface area is 203 Å². The van der Waals surface area contributed by atoms with Crippen molar-refractivity contribution in [2.24, 2.45) is 17.8 Å². The molecule has 1 saturated heterocycles. The quantitative estimate of drug-likeness (QED) is 0.606. The second-order valence-electron chi connectivity index (χ2n) is 11.0. The topological polar surface area (TPSA) is 121 Å². The van der Waals surface area contributed by atoms with Gasteiger partial charge in [-0.2, -0.15) is 0 Å². The number of nitrogen functional groups attached to an aromatic ring is 1. The first kappa shape index (κ1) is 22.5. The smallest absolute Gasteiger partial charge is 0.270 e. The van der Waals surface area contributed by atoms with Crippen LogP contribution in [0.2, 0.25) is 0 Å². The van der Waals surface area contributed by atoms with Crippen molar-refractivity contribution in [3.8, 4) is 0 Å². The fourth-order valence-electron chi connectivity index (χ4n) is 7.20. The zero-order valence-electron chi connectivity index (χ0n) is 19.9. The summed E-state index contributed by atoms with van der Waals surface area (Å²) in [5.41, 5.74) is 5.84. The number of aliphatic hydroxyl groups is 1. The van der Waals surface area contributed by atoms with Gasteiger partial charge in [-0.15, -0.1) is 0 Å². The van der Waals surface area contributed by atoms with Crippen LogP contribution < -0.4 is 20.9 Å². The lowest BCUT2D eigenvalue weighted by molar-refractivity contribution is -0.136. The Kier molecular flexibility index (Phi) is 5.32. The second-order valence-corrected chi connectivity index (χ2v) is 11.0. The summed E-state index contributed by atoms with van der Waals surface area (Å²) in [5.74, 6) is 1.37. The highest BCUT2D eigenvalue weighted by molar-refractivity contribution is 5.92. The zero-order chi connectivity index (χ0) is 24.3. The Balaban J connectivity index is 1.13. The highest BCUT2D eigenvalue weighted by Gasteiger charge is 2.55. The summed E-state index contributed by atoms with van der Waals surface area (Å²) in [4.78, 5) is 30.2. The van der Waals surface area contributed by atoms with E-state index in [0.717, 1.165) is 32.1 Å². The zero-order valence-corrected chi connectivity index (χ0v) is 19.9. The van der Waals surface area contributed by atoms with Crippen molar-refractivity contribution in [1.82, 2.24) is 20.3 Å². The first-order valence-corrected chi connectivity index (χ1v) is 12.6. The number of rotatable bonds is 4. The summed E-state index contributed by atoms with van der Waals surface area (Å²) in [6.07, 6.45) is 7.76. The minimum Gasteiger partial charge on any atom is -0.390 e. The predicted molar refractivity (Wildman–Crippen MR) is 129 cm³/mol. The lowest BCUT2D eigenvalue weighted by Crippen LogP contribution is -2.61. The molecule has 7 rings (SSSR count). The molecule has 3 unspecified atom stereocenters. The first-order chi connectivity index (χ1) is 16.8. The van der Waals surface area contributed by atoms with E-state index in [2.05, 4.69) is 20.3 Å². The number of nitrogens with zero attached hydrogens (tertiary/aromatic N) is 5. The molecule has 186 valence electrons. The third-order valence-corrected chi connectivity index (χ3v) is 8.49. The molecule has 5 fully saturated rings. The monoisotopic (exact) mass is 481 g/mol. The molecule has 1 aliphatic heterocycles. The predicted octanol–water partition coefficient (Wildman–Crippen LogP) is 1.98. The fourth-order valence-corrected chi connectivity index (χ4v) is 7.20. The number of nitrogens with two attached hydrogens (primary N) is 1. The van der Waals surface area contributed by atoms with E-state index in [4.69, 9.17) is 5.73 Å². The minimum atomic E-state index is -0.524. The lowest BCUT2D eigenvalue weighted by atomic mass is 9.52. The SMILES string of the molecule is CC1CN(c2cnc(N)cc2F)CCN1c1nccc(C(=O)NC2C3CC4CC2CC(O)(C4)C3)n1. The summed E-state index contributed by atoms with van der Waals surface area (Å²) < 4.78 is 14.4. The Morgan fingerprint density at radius 3 is 2.69 bits per heavy atom. The van der Waals surface area contributed by atoms with Crippen molar-refractivity contribution < 1.29 is 14.3 Å². The van der Waals surface area contributed by atoms with Crippen LogP contribution in [0.15, 0.2) is 24.5 Å². The Bertz CT molecular complexity index is 1130. The maximum atomic E-state index is 14.4. The van der Waals surface area contributed by atoms with E-state index in [-0.39, 0.29) is 29.6 Å². The largest absolute Gasteiger partial charge is 0.390 e. The number of piperazine rings is 1. The summed E-state index contributed by atoms with van der Waals surface area (Å²) in [5, 5.41) is 14.1. The van der Waals surface area contributed by atoms with Gasteiger partial charge in [-0.3, -0.25) is 4.79 Å². The molecular formula is C25H32FN7O2. The van der Waals surface area contributed by atoms with Crippen LogP contribution in [0.25, 0.3) is 0 Å². The molecule has 4 aliphatic carbocycles. The number of amides is 1. The van der Waals surface area contributed by atoms with Crippen LogP contribution in [0, 0.1) is 23.6 Å². The van der Waals surface area contributed by atoms with E-state index < -0.39 is 5.60 Å². The van der Waals surface area contributed by atoms with Crippen LogP contribution in [0.3, 0.4) is 0 Å². The third kappa shape index (κ3) is 4.07. The number of carbonyl (C=O) groups is 1. The van der Waals surface area contributed by atoms with Crippen LogP contribution in [-0.2, 0) is 0 Å². The standard InChI is InChI=1S/C25H32FN7O2/c1-14-13-32(20-12-29-21(27)8-18(20)26)4-5-33(14)24-28-3-2-19(30-24)23(34)31-22-16-6-15-7-17(22)11-25(35,9-15)10-16/h2-3,8,12,14-17,22,35H,4-7,9-11,13H2,1H3,(H2,27,29)(H,31,34). The van der Waals surface area contributed by atoms with E-state index in [1.54, 1.807) is 12.3 Å². The highest BCUT2D eigenvalue weighted by atomic mass is 19.1. The lowest BCUT2D eigenvalue weighted by Gasteiger charge is -2.58. The maximum absolute atomic E-state index is 14.4. The number of hydrogen-bond acceptors (Lipinski definition) is 8. The van der Waals surface area contributed by atoms with Gasteiger partial charge in [0.15, 0.2) is 5.82 Å². The van der Waals surface area contributed by atoms with E-state index in [9.17, 15) is 14.3 Å². The number of nitrogens with one attached hydrogen (secondary N) is 1. The number of hydrogen-bond donors (Lipinski definition) is 3. The molecule has 4 N–H and O–H groups in total. The van der Waals surface area contributed by atoms with Gasteiger partial charge in [0.1, 0.15) is 11.5 Å². The van der Waals surface area contributed by atoms with Crippen LogP contribution in [-0.4, -0.2) is 63.3 Å². The molecule has 3 atom stereocenters. The van der Waals surface area contributed by atoms with Crippen molar-refractivity contribution in [3.63, 3.8) is 0 Å². The second kappa shape index (κ2) is 8.29. The van der Waals surface area contributed by atoms with Crippen molar-refractivity contribution in [2.75, 3.05) is 35.2 Å². The van der Waals surface area contributed by atoms with E-state index in [1.165, 1.54) is 12.3 Å². The number of anilines is 3. The summed E-state index contributed by atoms with van der Waals surface area (Å²) >= 11 is 0. The maximum Gasteiger partial charge on any atom is 0.270 e. The molecule has 3 heterocycles. The molecular weight excluding hydrogens is 449 g/mol. The summed E-state index contributed by atoms with van der Waals surface area (Å²) in [6.45, 7) is 3.76. The van der Waals surface area contributed by atoms with Gasteiger partial charge in [0, 0.05) is 44.0 Å². The molecule has 5 aliphatic rings. The number of pyridine rings is 1. The van der Waals surface area contributed by atoms with Gasteiger partial charge in [0.2, 0.25) is 5.95 Å². The highest BCUT2D eigenvalue weighted by Crippen LogP contribution is 2.55. The molecule has 0 radical (unpaired) electrons. The molecule has 9 nitrogen and oxygen atoms in total. The van der Waals surface area contributed by atoms with Crippen LogP contribution >= 0.6 is 0 Å². The van der Waals surface area contributed by atoms with Crippen LogP contribution in [0.4, 0.5) is 21.8 Å². The molecule has 1 amide bonds.